The zero-order valence-corrected chi connectivity index (χ0v) is 12.0. The van der Waals surface area contributed by atoms with Crippen molar-refractivity contribution < 1.29 is 14.7 Å². The minimum Gasteiger partial charge on any atom is -0.480 e. The van der Waals surface area contributed by atoms with Crippen molar-refractivity contribution in [3.8, 4) is 0 Å². The minimum absolute atomic E-state index is 0.00574. The Morgan fingerprint density at radius 2 is 1.84 bits per heavy atom. The average Bonchev–Trinajstić information content (AvgIpc) is 2.32. The molecule has 0 saturated carbocycles. The molecule has 0 aliphatic heterocycles. The van der Waals surface area contributed by atoms with E-state index in [1.54, 1.807) is 18.2 Å². The van der Waals surface area contributed by atoms with E-state index in [0.717, 1.165) is 0 Å². The maximum atomic E-state index is 12.1. The molecule has 0 atom stereocenters. The highest BCUT2D eigenvalue weighted by molar-refractivity contribution is 6.36. The first kappa shape index (κ1) is 15.8. The summed E-state index contributed by atoms with van der Waals surface area (Å²) >= 11 is 12.0. The number of hydrogen-bond acceptors (Lipinski definition) is 2. The van der Waals surface area contributed by atoms with Gasteiger partial charge in [0.15, 0.2) is 0 Å². The molecule has 1 rings (SSSR count). The Labute approximate surface area is 121 Å². The number of aliphatic carboxylic acids is 1. The number of carboxylic acids is 1. The van der Waals surface area contributed by atoms with E-state index in [2.05, 4.69) is 0 Å². The Morgan fingerprint density at radius 3 is 2.32 bits per heavy atom. The van der Waals surface area contributed by atoms with Crippen LogP contribution in [-0.2, 0) is 16.0 Å². The fraction of sp³-hybridized carbons (Fsp3) is 0.385. The van der Waals surface area contributed by atoms with E-state index < -0.39 is 5.97 Å². The molecule has 0 aliphatic carbocycles. The molecule has 0 fully saturated rings. The summed E-state index contributed by atoms with van der Waals surface area (Å²) in [6.07, 6.45) is 0.695. The third-order valence-corrected chi connectivity index (χ3v) is 3.27. The van der Waals surface area contributed by atoms with Gasteiger partial charge in [-0.3, -0.25) is 9.59 Å². The molecule has 0 aromatic heterocycles. The van der Waals surface area contributed by atoms with Crippen molar-refractivity contribution in [3.05, 3.63) is 33.8 Å². The van der Waals surface area contributed by atoms with Gasteiger partial charge in [0.2, 0.25) is 5.91 Å². The van der Waals surface area contributed by atoms with Crippen LogP contribution in [0.3, 0.4) is 0 Å². The molecule has 1 N–H and O–H groups in total. The molecule has 0 unspecified atom stereocenters. The smallest absolute Gasteiger partial charge is 0.323 e. The lowest BCUT2D eigenvalue weighted by molar-refractivity contribution is -0.144. The van der Waals surface area contributed by atoms with Crippen LogP contribution in [0.5, 0.6) is 0 Å². The van der Waals surface area contributed by atoms with E-state index in [1.807, 2.05) is 6.92 Å². The number of hydrogen-bond donors (Lipinski definition) is 1. The van der Waals surface area contributed by atoms with Gasteiger partial charge in [0.05, 0.1) is 6.42 Å². The molecule has 1 aromatic carbocycles. The van der Waals surface area contributed by atoms with Gasteiger partial charge in [-0.15, -0.1) is 0 Å². The molecule has 0 spiro atoms. The quantitative estimate of drug-likeness (QED) is 0.879. The van der Waals surface area contributed by atoms with Crippen molar-refractivity contribution in [3.63, 3.8) is 0 Å². The minimum atomic E-state index is -1.04. The molecular formula is C13H15Cl2NO3. The van der Waals surface area contributed by atoms with Gasteiger partial charge in [0.1, 0.15) is 6.54 Å². The van der Waals surface area contributed by atoms with E-state index >= 15 is 0 Å². The number of carboxylic acid groups (broad SMARTS) is 1. The zero-order valence-electron chi connectivity index (χ0n) is 10.5. The van der Waals surface area contributed by atoms with Crippen LogP contribution in [0.15, 0.2) is 18.2 Å². The lowest BCUT2D eigenvalue weighted by atomic mass is 10.1. The third-order valence-electron chi connectivity index (χ3n) is 2.56. The van der Waals surface area contributed by atoms with Crippen LogP contribution in [0.25, 0.3) is 0 Å². The Morgan fingerprint density at radius 1 is 1.26 bits per heavy atom. The summed E-state index contributed by atoms with van der Waals surface area (Å²) < 4.78 is 0. The Hall–Kier alpha value is -1.26. The van der Waals surface area contributed by atoms with Gasteiger partial charge in [0.25, 0.3) is 0 Å². The summed E-state index contributed by atoms with van der Waals surface area (Å²) in [6, 6.07) is 4.99. The topological polar surface area (TPSA) is 57.6 Å². The van der Waals surface area contributed by atoms with Crippen molar-refractivity contribution in [2.75, 3.05) is 13.1 Å². The van der Waals surface area contributed by atoms with Crippen LogP contribution >= 0.6 is 23.2 Å². The third kappa shape index (κ3) is 4.73. The molecule has 0 aliphatic rings. The molecule has 104 valence electrons. The van der Waals surface area contributed by atoms with Crippen LogP contribution in [0.4, 0.5) is 0 Å². The summed E-state index contributed by atoms with van der Waals surface area (Å²) in [5.41, 5.74) is 0.530. The first-order valence-corrected chi connectivity index (χ1v) is 6.63. The largest absolute Gasteiger partial charge is 0.480 e. The van der Waals surface area contributed by atoms with Gasteiger partial charge in [-0.05, 0) is 24.1 Å². The number of nitrogens with zero attached hydrogens (tertiary/aromatic N) is 1. The lowest BCUT2D eigenvalue weighted by Gasteiger charge is -2.20. The van der Waals surface area contributed by atoms with Gasteiger partial charge in [-0.25, -0.2) is 0 Å². The highest BCUT2D eigenvalue weighted by Gasteiger charge is 2.18. The highest BCUT2D eigenvalue weighted by Crippen LogP contribution is 2.25. The first-order valence-electron chi connectivity index (χ1n) is 5.88. The van der Waals surface area contributed by atoms with Gasteiger partial charge in [-0.2, -0.15) is 0 Å². The summed E-state index contributed by atoms with van der Waals surface area (Å²) in [7, 11) is 0. The Balaban J connectivity index is 2.84. The van der Waals surface area contributed by atoms with Crippen LogP contribution < -0.4 is 0 Å². The second-order valence-electron chi connectivity index (χ2n) is 4.09. The van der Waals surface area contributed by atoms with Crippen LogP contribution in [0.1, 0.15) is 18.9 Å². The molecule has 0 radical (unpaired) electrons. The van der Waals surface area contributed by atoms with Crippen LogP contribution in [0.2, 0.25) is 10.0 Å². The summed E-state index contributed by atoms with van der Waals surface area (Å²) in [4.78, 5) is 24.1. The van der Waals surface area contributed by atoms with E-state index in [0.29, 0.717) is 28.6 Å². The van der Waals surface area contributed by atoms with E-state index in [-0.39, 0.29) is 18.9 Å². The maximum Gasteiger partial charge on any atom is 0.323 e. The normalized spacial score (nSPS) is 10.3. The van der Waals surface area contributed by atoms with Crippen molar-refractivity contribution in [2.24, 2.45) is 0 Å². The van der Waals surface area contributed by atoms with Gasteiger partial charge < -0.3 is 10.0 Å². The molecule has 1 aromatic rings. The Bertz CT molecular complexity index is 457. The SMILES string of the molecule is CCCN(CC(=O)O)C(=O)Cc1c(Cl)cccc1Cl. The standard InChI is InChI=1S/C13H15Cl2NO3/c1-2-6-16(8-13(18)19)12(17)7-9-10(14)4-3-5-11(9)15/h3-5H,2,6-8H2,1H3,(H,18,19). The number of halogens is 2. The molecule has 19 heavy (non-hydrogen) atoms. The van der Waals surface area contributed by atoms with Gasteiger partial charge >= 0.3 is 5.97 Å². The molecule has 0 heterocycles. The molecule has 6 heteroatoms. The summed E-state index contributed by atoms with van der Waals surface area (Å²) in [5.74, 6) is -1.33. The van der Waals surface area contributed by atoms with Crippen LogP contribution in [0, 0.1) is 0 Å². The Kier molecular flexibility index (Phi) is 6.12. The zero-order chi connectivity index (χ0) is 14.4. The van der Waals surface area contributed by atoms with E-state index in [1.165, 1.54) is 4.90 Å². The number of amides is 1. The second-order valence-corrected chi connectivity index (χ2v) is 4.90. The number of carbonyl (C=O) groups excluding carboxylic acids is 1. The first-order chi connectivity index (χ1) is 8.95. The van der Waals surface area contributed by atoms with Gasteiger partial charge in [-0.1, -0.05) is 36.2 Å². The maximum absolute atomic E-state index is 12.1. The van der Waals surface area contributed by atoms with Crippen molar-refractivity contribution in [2.45, 2.75) is 19.8 Å². The summed E-state index contributed by atoms with van der Waals surface area (Å²) in [6.45, 7) is 1.96. The average molecular weight is 304 g/mol. The van der Waals surface area contributed by atoms with Crippen LogP contribution in [-0.4, -0.2) is 35.0 Å². The predicted octanol–water partition coefficient (Wildman–Crippen LogP) is 2.86. The number of benzene rings is 1. The molecule has 0 saturated heterocycles. The molecule has 4 nitrogen and oxygen atoms in total. The second kappa shape index (κ2) is 7.36. The predicted molar refractivity (Wildman–Crippen MR) is 74.7 cm³/mol. The van der Waals surface area contributed by atoms with E-state index in [4.69, 9.17) is 28.3 Å². The highest BCUT2D eigenvalue weighted by atomic mass is 35.5. The molecular weight excluding hydrogens is 289 g/mol. The summed E-state index contributed by atoms with van der Waals surface area (Å²) in [5, 5.41) is 9.61. The molecule has 1 amide bonds. The monoisotopic (exact) mass is 303 g/mol. The number of carbonyl (C=O) groups is 2. The fourth-order valence-electron chi connectivity index (χ4n) is 1.69. The van der Waals surface area contributed by atoms with Gasteiger partial charge in [0, 0.05) is 16.6 Å². The van der Waals surface area contributed by atoms with Crippen molar-refractivity contribution >= 4 is 35.1 Å². The number of rotatable bonds is 6. The molecule has 0 bridgehead atoms. The van der Waals surface area contributed by atoms with Crippen molar-refractivity contribution in [1.82, 2.24) is 4.90 Å². The van der Waals surface area contributed by atoms with E-state index in [9.17, 15) is 9.59 Å². The van der Waals surface area contributed by atoms with Crippen molar-refractivity contribution in [1.29, 1.82) is 0 Å². The fourth-order valence-corrected chi connectivity index (χ4v) is 2.22. The lowest BCUT2D eigenvalue weighted by Crippen LogP contribution is -2.37.